The maximum atomic E-state index is 12.6. The molecule has 4 aromatic rings. The number of hydrogen-bond donors (Lipinski definition) is 5. The molecule has 344 valence electrons. The Labute approximate surface area is 392 Å². The van der Waals surface area contributed by atoms with E-state index in [1.54, 1.807) is 30.3 Å². The zero-order chi connectivity index (χ0) is 54.6. The molecule has 2 aliphatic heterocycles. The van der Waals surface area contributed by atoms with Crippen molar-refractivity contribution < 1.29 is 52.5 Å². The van der Waals surface area contributed by atoms with Gasteiger partial charge in [-0.2, -0.15) is 0 Å². The molecule has 5 N–H and O–H groups in total. The Balaban J connectivity index is 0.000000267. The third kappa shape index (κ3) is 17.6. The molecule has 15 heteroatoms. The summed E-state index contributed by atoms with van der Waals surface area (Å²) in [4.78, 5) is 27.9. The minimum Gasteiger partial charge on any atom is -0.493 e. The van der Waals surface area contributed by atoms with E-state index in [1.807, 2.05) is 69.0 Å². The fourth-order valence-electron chi connectivity index (χ4n) is 6.33. The fraction of sp³-hybridized carbons (Fsp3) is 0.458. The predicted molar refractivity (Wildman–Crippen MR) is 251 cm³/mol. The van der Waals surface area contributed by atoms with E-state index in [0.717, 1.165) is 33.6 Å². The average molecular weight is 902 g/mol. The number of nitrogens with zero attached hydrogens (tertiary/aromatic N) is 3. The number of amides is 2. The lowest BCUT2D eigenvalue weighted by Gasteiger charge is -2.35. The second kappa shape index (κ2) is 27.3. The van der Waals surface area contributed by atoms with Crippen LogP contribution in [0.25, 0.3) is 0 Å². The van der Waals surface area contributed by atoms with Crippen LogP contribution in [0, 0.1) is 27.7 Å². The first-order valence-electron chi connectivity index (χ1n) is 25.4. The Hall–Kier alpha value is -4.93. The number of carbonyl (C=O) groups is 2. The molecule has 2 fully saturated rings. The highest BCUT2D eigenvalue weighted by molar-refractivity contribution is 6.29. The number of carbonyl (C=O) groups excluding carboxylic acids is 2. The number of β-amino-alcohol motifs (C(OH)–C–C–N with tert-alkyl or cyclic N) is 2. The summed E-state index contributed by atoms with van der Waals surface area (Å²) >= 11 is 5.39. The summed E-state index contributed by atoms with van der Waals surface area (Å²) in [6, 6.07) is 24.0. The lowest BCUT2D eigenvalue weighted by molar-refractivity contribution is -0.118. The van der Waals surface area contributed by atoms with E-state index in [0.29, 0.717) is 26.2 Å². The summed E-state index contributed by atoms with van der Waals surface area (Å²) in [5.74, 6) is -0.0433. The van der Waals surface area contributed by atoms with Crippen LogP contribution in [-0.4, -0.2) is 154 Å². The van der Waals surface area contributed by atoms with Gasteiger partial charge in [0.15, 0.2) is 23.0 Å². The average Bonchev–Trinajstić information content (AvgIpc) is 3.34. The van der Waals surface area contributed by atoms with Crippen molar-refractivity contribution in [1.29, 1.82) is 0 Å². The zero-order valence-electron chi connectivity index (χ0n) is 46.7. The highest BCUT2D eigenvalue weighted by Gasteiger charge is 2.22. The van der Waals surface area contributed by atoms with Crippen molar-refractivity contribution in [1.82, 2.24) is 20.0 Å². The van der Waals surface area contributed by atoms with E-state index in [1.165, 1.54) is 42.2 Å². The number of halogens is 1. The molecule has 2 atom stereocenters. The van der Waals surface area contributed by atoms with Gasteiger partial charge in [0.25, 0.3) is 0 Å². The zero-order valence-corrected chi connectivity index (χ0v) is 37.5. The van der Waals surface area contributed by atoms with Crippen LogP contribution in [-0.2, 0) is 9.59 Å². The number of benzene rings is 4. The third-order valence-corrected chi connectivity index (χ3v) is 9.89. The quantitative estimate of drug-likeness (QED) is 0.0893. The van der Waals surface area contributed by atoms with Crippen LogP contribution in [0.5, 0.6) is 23.0 Å². The molecule has 0 spiro atoms. The number of aryl methyl sites for hydroxylation is 4. The Morgan fingerprint density at radius 2 is 1.02 bits per heavy atom. The number of nitrogens with one attached hydrogen (secondary N) is 3. The molecule has 2 amide bonds. The van der Waals surface area contributed by atoms with Gasteiger partial charge in [-0.3, -0.25) is 24.3 Å². The second-order valence-corrected chi connectivity index (χ2v) is 14.7. The molecule has 14 nitrogen and oxygen atoms in total. The summed E-state index contributed by atoms with van der Waals surface area (Å²) in [5.41, 5.74) is 5.67. The van der Waals surface area contributed by atoms with E-state index in [4.69, 9.17) is 44.3 Å². The summed E-state index contributed by atoms with van der Waals surface area (Å²) < 4.78 is 102. The molecule has 2 heterocycles. The summed E-state index contributed by atoms with van der Waals surface area (Å²) in [6.07, 6.45) is -6.46. The van der Waals surface area contributed by atoms with Gasteiger partial charge < -0.3 is 45.1 Å². The minimum absolute atomic E-state index is 0.00618. The number of rotatable bonds is 17. The van der Waals surface area contributed by atoms with Crippen LogP contribution < -0.4 is 34.9 Å². The highest BCUT2D eigenvalue weighted by atomic mass is 35.5. The number of hydrogen-bond acceptors (Lipinski definition) is 12. The van der Waals surface area contributed by atoms with Crippen LogP contribution in [0.3, 0.4) is 0 Å². The van der Waals surface area contributed by atoms with Crippen LogP contribution >= 0.6 is 11.6 Å². The Morgan fingerprint density at radius 3 is 1.43 bits per heavy atom. The molecule has 0 bridgehead atoms. The van der Waals surface area contributed by atoms with Gasteiger partial charge in [-0.25, -0.2) is 0 Å². The molecule has 0 aromatic heterocycles. The first-order chi connectivity index (χ1) is 34.1. The van der Waals surface area contributed by atoms with Crippen LogP contribution in [0.15, 0.2) is 84.9 Å². The van der Waals surface area contributed by atoms with Gasteiger partial charge >= 0.3 is 0 Å². The Bertz CT molecular complexity index is 2420. The molecule has 0 aliphatic carbocycles. The van der Waals surface area contributed by atoms with E-state index < -0.39 is 38.3 Å². The lowest BCUT2D eigenvalue weighted by Crippen LogP contribution is -2.50. The number of methoxy groups -OCH3 is 2. The first-order valence-corrected chi connectivity index (χ1v) is 20.9. The second-order valence-electron chi connectivity index (χ2n) is 14.4. The van der Waals surface area contributed by atoms with Crippen molar-refractivity contribution in [3.8, 4) is 23.0 Å². The molecule has 2 saturated heterocycles. The molecule has 4 aromatic carbocycles. The number of anilines is 2. The number of alkyl halides is 1. The Morgan fingerprint density at radius 1 is 0.635 bits per heavy atom. The van der Waals surface area contributed by atoms with Crippen molar-refractivity contribution in [3.05, 3.63) is 107 Å². The van der Waals surface area contributed by atoms with Gasteiger partial charge in [0.2, 0.25) is 11.8 Å². The van der Waals surface area contributed by atoms with Crippen molar-refractivity contribution >= 4 is 34.8 Å². The number of piperazine rings is 2. The fourth-order valence-corrected chi connectivity index (χ4v) is 6.40. The van der Waals surface area contributed by atoms with Crippen LogP contribution in [0.2, 0.25) is 0 Å². The van der Waals surface area contributed by atoms with Crippen molar-refractivity contribution in [2.75, 3.05) is 116 Å². The monoisotopic (exact) mass is 901 g/mol. The van der Waals surface area contributed by atoms with E-state index in [2.05, 4.69) is 16.0 Å². The van der Waals surface area contributed by atoms with Crippen LogP contribution in [0.1, 0.15) is 36.0 Å². The standard InChI is InChI=1S/C24H33N3O4.C14H22N2O3.C10H12ClNO/c1-18-7-6-8-19(2)24(18)25-23(29)16-27-13-11-26(12-14-27)15-20(28)17-31-22-10-5-4-9-21(22)30-3;1-18-13-4-2-3-5-14(13)19-11-12(17)10-16-8-6-15-7-9-16;1-7-4-3-5-8(2)10(7)12-9(13)6-11/h4-10,20,28H,11-17H2,1-3H3,(H,25,29);2-5,12,15,17H,6-11H2,1H3;3-5H,6H2,1-2H3,(H,12,13)/i15D2,17D2,20D;10D2,11D2,12D;. The van der Waals surface area contributed by atoms with Gasteiger partial charge in [-0.05, 0) is 74.2 Å². The maximum absolute atomic E-state index is 12.6. The largest absolute Gasteiger partial charge is 0.493 e. The molecular weight excluding hydrogens is 824 g/mol. The third-order valence-electron chi connectivity index (χ3n) is 9.65. The number of aliphatic hydroxyl groups is 2. The van der Waals surface area contributed by atoms with Gasteiger partial charge in [0.1, 0.15) is 31.2 Å². The Kier molecular flexibility index (Phi) is 16.2. The molecule has 2 aliphatic rings. The predicted octanol–water partition coefficient (Wildman–Crippen LogP) is 5.13. The molecule has 63 heavy (non-hydrogen) atoms. The highest BCUT2D eigenvalue weighted by Crippen LogP contribution is 2.27. The van der Waals surface area contributed by atoms with E-state index in [9.17, 15) is 19.8 Å². The molecular formula is C48H67ClN6O8. The first kappa shape index (κ1) is 37.4. The summed E-state index contributed by atoms with van der Waals surface area (Å²) in [5, 5.41) is 30.0. The van der Waals surface area contributed by atoms with E-state index in [-0.39, 0.29) is 73.4 Å². The van der Waals surface area contributed by atoms with Crippen molar-refractivity contribution in [2.24, 2.45) is 0 Å². The topological polar surface area (TPSA) is 157 Å². The summed E-state index contributed by atoms with van der Waals surface area (Å²) in [6.45, 7) is -1.50. The SMILES string of the molecule is Cc1cccc(C)c1NC(=O)CCl.[2H]C([2H])(Oc1ccccc1OC)C([2H])(O)C([2H])([2H])N1CCN(CC(=O)Nc2c(C)cccc2C)CC1.[2H]C([2H])(Oc1ccccc1OC)C([2H])(O)C([2H])([2H])N1CCNCC1. The minimum atomic E-state index is -3.29. The lowest BCUT2D eigenvalue weighted by atomic mass is 10.1. The van der Waals surface area contributed by atoms with Gasteiger partial charge in [-0.15, -0.1) is 11.6 Å². The molecule has 0 radical (unpaired) electrons. The van der Waals surface area contributed by atoms with E-state index >= 15 is 0 Å². The van der Waals surface area contributed by atoms with Gasteiger partial charge in [-0.1, -0.05) is 60.7 Å². The molecule has 2 unspecified atom stereocenters. The van der Waals surface area contributed by atoms with Gasteiger partial charge in [0.05, 0.1) is 29.0 Å². The van der Waals surface area contributed by atoms with Crippen LogP contribution in [0.4, 0.5) is 11.4 Å². The smallest absolute Gasteiger partial charge is 0.239 e. The normalized spacial score (nSPS) is 19.6. The molecule has 0 saturated carbocycles. The van der Waals surface area contributed by atoms with Gasteiger partial charge in [0, 0.05) is 82.2 Å². The number of para-hydroxylation sites is 6. The molecule has 6 rings (SSSR count). The summed E-state index contributed by atoms with van der Waals surface area (Å²) in [7, 11) is 2.75. The van der Waals surface area contributed by atoms with Crippen molar-refractivity contribution in [2.45, 2.75) is 39.9 Å². The van der Waals surface area contributed by atoms with Crippen molar-refractivity contribution in [3.63, 3.8) is 0 Å². The number of ether oxygens (including phenoxy) is 4. The maximum Gasteiger partial charge on any atom is 0.239 e.